The van der Waals surface area contributed by atoms with Crippen molar-refractivity contribution in [1.29, 1.82) is 0 Å². The van der Waals surface area contributed by atoms with Gasteiger partial charge in [-0.1, -0.05) is 6.07 Å². The summed E-state index contributed by atoms with van der Waals surface area (Å²) in [7, 11) is 2.07. The number of hydrogen-bond donors (Lipinski definition) is 1. The molecular formula is C21H17N5O2. The minimum absolute atomic E-state index is 0.172. The van der Waals surface area contributed by atoms with Gasteiger partial charge in [-0.05, 0) is 47.8 Å². The van der Waals surface area contributed by atoms with E-state index in [0.29, 0.717) is 22.8 Å². The summed E-state index contributed by atoms with van der Waals surface area (Å²) < 4.78 is 5.30. The van der Waals surface area contributed by atoms with Gasteiger partial charge in [0.25, 0.3) is 5.91 Å². The Balaban J connectivity index is 1.42. The first-order chi connectivity index (χ1) is 13.7. The van der Waals surface area contributed by atoms with Gasteiger partial charge < -0.3 is 9.73 Å². The third kappa shape index (κ3) is 3.01. The number of nitrogens with one attached hydrogen (secondary N) is 1. The van der Waals surface area contributed by atoms with E-state index in [1.165, 1.54) is 17.5 Å². The molecule has 0 unspecified atom stereocenters. The molecule has 3 aromatic heterocycles. The zero-order chi connectivity index (χ0) is 19.1. The van der Waals surface area contributed by atoms with E-state index < -0.39 is 0 Å². The van der Waals surface area contributed by atoms with Gasteiger partial charge in [-0.2, -0.15) is 0 Å². The number of benzene rings is 1. The lowest BCUT2D eigenvalue weighted by atomic mass is 10.1. The lowest BCUT2D eigenvalue weighted by Gasteiger charge is -2.07. The highest BCUT2D eigenvalue weighted by Crippen LogP contribution is 2.24. The van der Waals surface area contributed by atoms with Crippen LogP contribution in [0.4, 0.5) is 5.82 Å². The first kappa shape index (κ1) is 16.6. The molecule has 5 rings (SSSR count). The topological polar surface area (TPSA) is 84.2 Å². The number of hydrogen-bond acceptors (Lipinski definition) is 6. The summed E-state index contributed by atoms with van der Waals surface area (Å²) in [6.07, 6.45) is 6.40. The number of anilines is 1. The van der Waals surface area contributed by atoms with E-state index in [-0.39, 0.29) is 5.91 Å². The number of amides is 1. The standard InChI is InChI=1S/C21H17N5O2/c1-26-10-14-3-2-13(4-16(14)11-26)21(27)25-20-6-15-5-18(19-9-22-12-28-19)23-7-17(15)8-24-20/h2-9,12H,10-11H2,1H3,(H,24,25,27). The van der Waals surface area contributed by atoms with Gasteiger partial charge in [-0.3, -0.25) is 14.7 Å². The molecule has 0 aliphatic carbocycles. The Morgan fingerprint density at radius 2 is 1.89 bits per heavy atom. The van der Waals surface area contributed by atoms with Crippen LogP contribution in [0.5, 0.6) is 0 Å². The second-order valence-corrected chi connectivity index (χ2v) is 6.96. The van der Waals surface area contributed by atoms with Crippen LogP contribution in [0, 0.1) is 0 Å². The molecule has 4 aromatic rings. The summed E-state index contributed by atoms with van der Waals surface area (Å²) >= 11 is 0. The number of carbonyl (C=O) groups excluding carboxylic acids is 1. The maximum Gasteiger partial charge on any atom is 0.256 e. The first-order valence-corrected chi connectivity index (χ1v) is 8.92. The quantitative estimate of drug-likeness (QED) is 0.593. The normalized spacial score (nSPS) is 13.6. The Labute approximate surface area is 161 Å². The molecule has 0 saturated heterocycles. The van der Waals surface area contributed by atoms with Gasteiger partial charge in [-0.25, -0.2) is 9.97 Å². The van der Waals surface area contributed by atoms with Gasteiger partial charge in [0.05, 0.1) is 6.20 Å². The highest BCUT2D eigenvalue weighted by molar-refractivity contribution is 6.04. The molecule has 0 saturated carbocycles. The van der Waals surface area contributed by atoms with E-state index >= 15 is 0 Å². The van der Waals surface area contributed by atoms with Crippen molar-refractivity contribution in [2.45, 2.75) is 13.1 Å². The molecule has 1 aliphatic rings. The maximum atomic E-state index is 12.7. The number of aromatic nitrogens is 3. The number of nitrogens with zero attached hydrogens (tertiary/aromatic N) is 4. The zero-order valence-electron chi connectivity index (χ0n) is 15.2. The van der Waals surface area contributed by atoms with Gasteiger partial charge >= 0.3 is 0 Å². The van der Waals surface area contributed by atoms with Crippen LogP contribution in [0.3, 0.4) is 0 Å². The fourth-order valence-corrected chi connectivity index (χ4v) is 3.48. The molecular weight excluding hydrogens is 354 g/mol. The number of rotatable bonds is 3. The number of carbonyl (C=O) groups is 1. The monoisotopic (exact) mass is 371 g/mol. The van der Waals surface area contributed by atoms with Crippen molar-refractivity contribution in [1.82, 2.24) is 19.9 Å². The van der Waals surface area contributed by atoms with E-state index in [1.807, 2.05) is 30.3 Å². The van der Waals surface area contributed by atoms with Gasteiger partial charge in [0.2, 0.25) is 0 Å². The van der Waals surface area contributed by atoms with Crippen LogP contribution in [-0.2, 0) is 13.1 Å². The molecule has 0 bridgehead atoms. The molecule has 1 N–H and O–H groups in total. The fourth-order valence-electron chi connectivity index (χ4n) is 3.48. The van der Waals surface area contributed by atoms with E-state index in [2.05, 4.69) is 32.2 Å². The summed E-state index contributed by atoms with van der Waals surface area (Å²) in [5, 5.41) is 4.67. The summed E-state index contributed by atoms with van der Waals surface area (Å²) in [4.78, 5) is 27.5. The molecule has 0 atom stereocenters. The third-order valence-electron chi connectivity index (χ3n) is 4.88. The van der Waals surface area contributed by atoms with E-state index in [1.54, 1.807) is 18.6 Å². The maximum absolute atomic E-state index is 12.7. The average Bonchev–Trinajstić information content (AvgIpc) is 3.35. The van der Waals surface area contributed by atoms with Crippen molar-refractivity contribution in [3.63, 3.8) is 0 Å². The van der Waals surface area contributed by atoms with Crippen LogP contribution in [0.1, 0.15) is 21.5 Å². The summed E-state index contributed by atoms with van der Waals surface area (Å²) in [6, 6.07) is 9.56. The molecule has 0 radical (unpaired) electrons. The Morgan fingerprint density at radius 1 is 1.04 bits per heavy atom. The predicted octanol–water partition coefficient (Wildman–Crippen LogP) is 3.48. The number of fused-ring (bicyclic) bond motifs is 2. The molecule has 4 heterocycles. The van der Waals surface area contributed by atoms with Crippen molar-refractivity contribution in [3.05, 3.63) is 72.0 Å². The Morgan fingerprint density at radius 3 is 2.75 bits per heavy atom. The molecule has 0 fully saturated rings. The molecule has 138 valence electrons. The van der Waals surface area contributed by atoms with Gasteiger partial charge in [0.1, 0.15) is 11.5 Å². The van der Waals surface area contributed by atoms with Crippen LogP contribution < -0.4 is 5.32 Å². The van der Waals surface area contributed by atoms with Crippen LogP contribution >= 0.6 is 0 Å². The van der Waals surface area contributed by atoms with E-state index in [9.17, 15) is 4.79 Å². The number of oxazole rings is 1. The first-order valence-electron chi connectivity index (χ1n) is 8.92. The van der Waals surface area contributed by atoms with E-state index in [4.69, 9.17) is 4.42 Å². The van der Waals surface area contributed by atoms with Crippen molar-refractivity contribution in [3.8, 4) is 11.5 Å². The molecule has 7 heteroatoms. The summed E-state index contributed by atoms with van der Waals surface area (Å²) in [5.41, 5.74) is 3.78. The minimum Gasteiger partial charge on any atom is -0.442 e. The highest BCUT2D eigenvalue weighted by Gasteiger charge is 2.17. The van der Waals surface area contributed by atoms with Gasteiger partial charge in [-0.15, -0.1) is 0 Å². The SMILES string of the molecule is CN1Cc2ccc(C(=O)Nc3cc4cc(-c5cnco5)ncc4cn3)cc2C1. The van der Waals surface area contributed by atoms with Crippen LogP contribution in [0.2, 0.25) is 0 Å². The molecule has 28 heavy (non-hydrogen) atoms. The summed E-state index contributed by atoms with van der Waals surface area (Å²) in [5.74, 6) is 0.908. The lowest BCUT2D eigenvalue weighted by molar-refractivity contribution is 0.102. The minimum atomic E-state index is -0.172. The Kier molecular flexibility index (Phi) is 3.87. The lowest BCUT2D eigenvalue weighted by Crippen LogP contribution is -2.13. The van der Waals surface area contributed by atoms with Crippen molar-refractivity contribution in [2.24, 2.45) is 0 Å². The van der Waals surface area contributed by atoms with Gasteiger partial charge in [0, 0.05) is 36.4 Å². The molecule has 1 aliphatic heterocycles. The van der Waals surface area contributed by atoms with Crippen molar-refractivity contribution in [2.75, 3.05) is 12.4 Å². The van der Waals surface area contributed by atoms with Crippen LogP contribution in [-0.4, -0.2) is 32.8 Å². The molecule has 1 amide bonds. The predicted molar refractivity (Wildman–Crippen MR) is 105 cm³/mol. The van der Waals surface area contributed by atoms with Crippen LogP contribution in [0.15, 0.2) is 59.7 Å². The van der Waals surface area contributed by atoms with E-state index in [0.717, 1.165) is 23.9 Å². The second kappa shape index (κ2) is 6.54. The molecule has 7 nitrogen and oxygen atoms in total. The smallest absolute Gasteiger partial charge is 0.256 e. The zero-order valence-corrected chi connectivity index (χ0v) is 15.2. The largest absolute Gasteiger partial charge is 0.442 e. The average molecular weight is 371 g/mol. The summed E-state index contributed by atoms with van der Waals surface area (Å²) in [6.45, 7) is 1.78. The van der Waals surface area contributed by atoms with Gasteiger partial charge in [0.15, 0.2) is 12.2 Å². The second-order valence-electron chi connectivity index (χ2n) is 6.96. The van der Waals surface area contributed by atoms with Crippen molar-refractivity contribution >= 4 is 22.5 Å². The van der Waals surface area contributed by atoms with Crippen molar-refractivity contribution < 1.29 is 9.21 Å². The number of pyridine rings is 2. The van der Waals surface area contributed by atoms with Crippen LogP contribution in [0.25, 0.3) is 22.2 Å². The third-order valence-corrected chi connectivity index (χ3v) is 4.88. The Hall–Kier alpha value is -3.58. The molecule has 0 spiro atoms. The fraction of sp³-hybridized carbons (Fsp3) is 0.143. The Bertz CT molecular complexity index is 1190. The highest BCUT2D eigenvalue weighted by atomic mass is 16.3. The molecule has 1 aromatic carbocycles.